The third kappa shape index (κ3) is 2.12. The Labute approximate surface area is 76.3 Å². The van der Waals surface area contributed by atoms with Gasteiger partial charge in [0.25, 0.3) is 0 Å². The van der Waals surface area contributed by atoms with Crippen LogP contribution in [0, 0.1) is 0 Å². The van der Waals surface area contributed by atoms with Gasteiger partial charge < -0.3 is 11.2 Å². The first-order valence-corrected chi connectivity index (χ1v) is 3.81. The molecule has 0 bridgehead atoms. The van der Waals surface area contributed by atoms with Gasteiger partial charge in [0.1, 0.15) is 12.0 Å². The largest absolute Gasteiger partial charge is 0.382 e. The van der Waals surface area contributed by atoms with Gasteiger partial charge in [-0.1, -0.05) is 0 Å². The van der Waals surface area contributed by atoms with Gasteiger partial charge in [0.2, 0.25) is 0 Å². The van der Waals surface area contributed by atoms with Gasteiger partial charge in [-0.15, -0.1) is 0 Å². The Morgan fingerprint density at radius 3 is 2.92 bits per heavy atom. The van der Waals surface area contributed by atoms with Crippen LogP contribution in [0.4, 0.5) is 17.3 Å². The number of hydrogen-bond donors (Lipinski definition) is 3. The molecule has 13 heavy (non-hydrogen) atoms. The second kappa shape index (κ2) is 4.36. The Morgan fingerprint density at radius 1 is 1.54 bits per heavy atom. The molecule has 0 radical (unpaired) electrons. The van der Waals surface area contributed by atoms with Crippen molar-refractivity contribution in [3.63, 3.8) is 0 Å². The zero-order valence-corrected chi connectivity index (χ0v) is 7.57. The molecule has 1 aromatic rings. The summed E-state index contributed by atoms with van der Waals surface area (Å²) >= 11 is 0. The molecule has 4 N–H and O–H groups in total. The quantitative estimate of drug-likeness (QED) is 0.460. The molecule has 6 heteroatoms. The SMILES string of the molecule is C/C=N\c1c(N)ncnc1NNC. The van der Waals surface area contributed by atoms with Crippen molar-refractivity contribution >= 4 is 23.5 Å². The van der Waals surface area contributed by atoms with Crippen LogP contribution in [0.5, 0.6) is 0 Å². The minimum absolute atomic E-state index is 0.353. The second-order valence-electron chi connectivity index (χ2n) is 2.22. The van der Waals surface area contributed by atoms with Crippen LogP contribution in [0.25, 0.3) is 0 Å². The number of nitrogens with one attached hydrogen (secondary N) is 2. The van der Waals surface area contributed by atoms with E-state index in [-0.39, 0.29) is 0 Å². The van der Waals surface area contributed by atoms with Crippen LogP contribution in [-0.4, -0.2) is 23.2 Å². The number of hydrazine groups is 1. The highest BCUT2D eigenvalue weighted by Crippen LogP contribution is 2.25. The Morgan fingerprint density at radius 2 is 2.31 bits per heavy atom. The van der Waals surface area contributed by atoms with E-state index in [2.05, 4.69) is 25.8 Å². The lowest BCUT2D eigenvalue weighted by Crippen LogP contribution is -2.16. The van der Waals surface area contributed by atoms with Gasteiger partial charge in [0, 0.05) is 13.3 Å². The molecule has 0 saturated heterocycles. The third-order valence-electron chi connectivity index (χ3n) is 1.35. The van der Waals surface area contributed by atoms with Crippen molar-refractivity contribution in [2.45, 2.75) is 6.92 Å². The summed E-state index contributed by atoms with van der Waals surface area (Å²) in [6.45, 7) is 1.80. The summed E-state index contributed by atoms with van der Waals surface area (Å²) in [6, 6.07) is 0. The van der Waals surface area contributed by atoms with Crippen LogP contribution in [0.3, 0.4) is 0 Å². The van der Waals surface area contributed by atoms with Gasteiger partial charge >= 0.3 is 0 Å². The standard InChI is InChI=1S/C7H12N6/c1-3-10-5-6(8)11-4-12-7(5)13-9-2/h3-4,9H,1-2H3,(H3,8,11,12,13)/b10-3-. The molecule has 1 aromatic heterocycles. The monoisotopic (exact) mass is 180 g/mol. The minimum Gasteiger partial charge on any atom is -0.382 e. The number of nitrogens with zero attached hydrogens (tertiary/aromatic N) is 3. The molecule has 6 nitrogen and oxygen atoms in total. The maximum absolute atomic E-state index is 5.61. The number of aromatic nitrogens is 2. The lowest BCUT2D eigenvalue weighted by molar-refractivity contribution is 0.958. The molecule has 0 aliphatic rings. The van der Waals surface area contributed by atoms with E-state index in [0.29, 0.717) is 17.3 Å². The molecular weight excluding hydrogens is 168 g/mol. The van der Waals surface area contributed by atoms with E-state index in [4.69, 9.17) is 5.73 Å². The smallest absolute Gasteiger partial charge is 0.171 e. The molecule has 0 spiro atoms. The highest BCUT2D eigenvalue weighted by atomic mass is 15.4. The first kappa shape index (κ1) is 9.40. The highest BCUT2D eigenvalue weighted by molar-refractivity contribution is 5.76. The van der Waals surface area contributed by atoms with Gasteiger partial charge in [0.15, 0.2) is 11.6 Å². The van der Waals surface area contributed by atoms with E-state index in [1.165, 1.54) is 6.33 Å². The minimum atomic E-state index is 0.353. The lowest BCUT2D eigenvalue weighted by atomic mass is 10.4. The fourth-order valence-corrected chi connectivity index (χ4v) is 0.859. The molecule has 0 aliphatic carbocycles. The number of anilines is 2. The van der Waals surface area contributed by atoms with Crippen LogP contribution in [0.1, 0.15) is 6.92 Å². The van der Waals surface area contributed by atoms with E-state index < -0.39 is 0 Å². The van der Waals surface area contributed by atoms with Gasteiger partial charge in [-0.2, -0.15) is 0 Å². The Bertz CT molecular complexity index is 308. The van der Waals surface area contributed by atoms with Crippen molar-refractivity contribution in [1.82, 2.24) is 15.4 Å². The summed E-state index contributed by atoms with van der Waals surface area (Å²) in [5.74, 6) is 0.916. The van der Waals surface area contributed by atoms with Crippen molar-refractivity contribution in [3.8, 4) is 0 Å². The Hall–Kier alpha value is -1.69. The fourth-order valence-electron chi connectivity index (χ4n) is 0.859. The summed E-state index contributed by atoms with van der Waals surface area (Å²) in [5.41, 5.74) is 11.7. The molecule has 1 rings (SSSR count). The molecule has 1 heterocycles. The van der Waals surface area contributed by atoms with E-state index in [1.807, 2.05) is 0 Å². The van der Waals surface area contributed by atoms with Crippen LogP contribution >= 0.6 is 0 Å². The van der Waals surface area contributed by atoms with Crippen LogP contribution in [-0.2, 0) is 0 Å². The molecule has 0 aromatic carbocycles. The van der Waals surface area contributed by atoms with Crippen molar-refractivity contribution in [3.05, 3.63) is 6.33 Å². The summed E-state index contributed by atoms with van der Waals surface area (Å²) in [7, 11) is 1.73. The predicted octanol–water partition coefficient (Wildman–Crippen LogP) is 0.327. The van der Waals surface area contributed by atoms with E-state index >= 15 is 0 Å². The topological polar surface area (TPSA) is 88.2 Å². The average molecular weight is 180 g/mol. The third-order valence-corrected chi connectivity index (χ3v) is 1.35. The van der Waals surface area contributed by atoms with Crippen LogP contribution in [0.2, 0.25) is 0 Å². The summed E-state index contributed by atoms with van der Waals surface area (Å²) in [5, 5.41) is 0. The van der Waals surface area contributed by atoms with Crippen molar-refractivity contribution in [1.29, 1.82) is 0 Å². The zero-order valence-electron chi connectivity index (χ0n) is 7.57. The fraction of sp³-hybridized carbons (Fsp3) is 0.286. The van der Waals surface area contributed by atoms with Gasteiger partial charge in [0.05, 0.1) is 0 Å². The molecule has 70 valence electrons. The molecule has 0 fully saturated rings. The summed E-state index contributed by atoms with van der Waals surface area (Å²) < 4.78 is 0. The number of nitrogens with two attached hydrogens (primary N) is 1. The van der Waals surface area contributed by atoms with Gasteiger partial charge in [-0.3, -0.25) is 4.99 Å². The van der Waals surface area contributed by atoms with Gasteiger partial charge in [-0.05, 0) is 6.92 Å². The number of nitrogen functional groups attached to an aromatic ring is 1. The van der Waals surface area contributed by atoms with Gasteiger partial charge in [-0.25, -0.2) is 15.4 Å². The molecule has 0 unspecified atom stereocenters. The summed E-state index contributed by atoms with van der Waals surface area (Å²) in [4.78, 5) is 11.8. The van der Waals surface area contributed by atoms with E-state index in [1.54, 1.807) is 20.2 Å². The van der Waals surface area contributed by atoms with Crippen molar-refractivity contribution in [2.24, 2.45) is 4.99 Å². The zero-order chi connectivity index (χ0) is 9.68. The highest BCUT2D eigenvalue weighted by Gasteiger charge is 2.05. The Balaban J connectivity index is 3.09. The number of aliphatic imine (C=N–C) groups is 1. The van der Waals surface area contributed by atoms with Crippen molar-refractivity contribution in [2.75, 3.05) is 18.2 Å². The average Bonchev–Trinajstić information content (AvgIpc) is 2.11. The molecular formula is C7H12N6. The predicted molar refractivity (Wildman–Crippen MR) is 53.0 cm³/mol. The molecule has 0 saturated carbocycles. The molecule has 0 atom stereocenters. The maximum Gasteiger partial charge on any atom is 0.171 e. The normalized spacial score (nSPS) is 10.6. The first-order chi connectivity index (χ1) is 6.29. The van der Waals surface area contributed by atoms with Crippen LogP contribution in [0.15, 0.2) is 11.3 Å². The van der Waals surface area contributed by atoms with E-state index in [9.17, 15) is 0 Å². The molecule has 0 aliphatic heterocycles. The maximum atomic E-state index is 5.61. The molecule has 0 amide bonds. The number of hydrogen-bond acceptors (Lipinski definition) is 6. The Kier molecular flexibility index (Phi) is 3.15. The summed E-state index contributed by atoms with van der Waals surface area (Å²) in [6.07, 6.45) is 3.01. The van der Waals surface area contributed by atoms with E-state index in [0.717, 1.165) is 0 Å². The van der Waals surface area contributed by atoms with Crippen molar-refractivity contribution < 1.29 is 0 Å². The lowest BCUT2D eigenvalue weighted by Gasteiger charge is -2.06. The first-order valence-electron chi connectivity index (χ1n) is 3.81. The van der Waals surface area contributed by atoms with Crippen LogP contribution < -0.4 is 16.6 Å². The number of rotatable bonds is 3. The second-order valence-corrected chi connectivity index (χ2v) is 2.22.